The van der Waals surface area contributed by atoms with Crippen LogP contribution in [-0.2, 0) is 4.79 Å². The van der Waals surface area contributed by atoms with Crippen molar-refractivity contribution in [2.75, 3.05) is 52.4 Å². The fourth-order valence-corrected chi connectivity index (χ4v) is 3.38. The fourth-order valence-electron chi connectivity index (χ4n) is 3.19. The van der Waals surface area contributed by atoms with Gasteiger partial charge in [-0.25, -0.2) is 0 Å². The first-order valence-corrected chi connectivity index (χ1v) is 9.12. The number of nitrogens with zero attached hydrogens (tertiary/aromatic N) is 2. The minimum Gasteiger partial charge on any atom is -0.491 e. The maximum atomic E-state index is 12.5. The van der Waals surface area contributed by atoms with E-state index in [9.17, 15) is 4.79 Å². The maximum Gasteiger partial charge on any atom is 0.225 e. The average molecular weight is 425 g/mol. The van der Waals surface area contributed by atoms with Crippen LogP contribution >= 0.6 is 36.4 Å². The van der Waals surface area contributed by atoms with Gasteiger partial charge in [-0.15, -0.1) is 24.8 Å². The summed E-state index contributed by atoms with van der Waals surface area (Å²) >= 11 is 6.08. The molecule has 2 aliphatic rings. The Balaban J connectivity index is 0.00000169. The molecular weight excluding hydrogens is 397 g/mol. The van der Waals surface area contributed by atoms with E-state index in [4.69, 9.17) is 16.3 Å². The van der Waals surface area contributed by atoms with E-state index < -0.39 is 0 Å². The highest BCUT2D eigenvalue weighted by atomic mass is 35.5. The molecule has 148 valence electrons. The van der Waals surface area contributed by atoms with Gasteiger partial charge >= 0.3 is 0 Å². The van der Waals surface area contributed by atoms with E-state index in [1.54, 1.807) is 0 Å². The van der Waals surface area contributed by atoms with Crippen LogP contribution in [0.3, 0.4) is 0 Å². The summed E-state index contributed by atoms with van der Waals surface area (Å²) in [4.78, 5) is 16.9. The van der Waals surface area contributed by atoms with Gasteiger partial charge in [-0.2, -0.15) is 0 Å². The number of piperazine rings is 1. The van der Waals surface area contributed by atoms with Crippen molar-refractivity contribution in [1.29, 1.82) is 0 Å². The van der Waals surface area contributed by atoms with Crippen molar-refractivity contribution in [2.45, 2.75) is 6.92 Å². The van der Waals surface area contributed by atoms with E-state index in [-0.39, 0.29) is 30.7 Å². The summed E-state index contributed by atoms with van der Waals surface area (Å²) in [5, 5.41) is 3.89. The van der Waals surface area contributed by atoms with Crippen molar-refractivity contribution in [3.63, 3.8) is 0 Å². The second-order valence-corrected chi connectivity index (χ2v) is 7.06. The van der Waals surface area contributed by atoms with Crippen LogP contribution in [0, 0.1) is 11.8 Å². The van der Waals surface area contributed by atoms with Crippen molar-refractivity contribution in [3.05, 3.63) is 29.3 Å². The third-order valence-corrected chi connectivity index (χ3v) is 5.41. The van der Waals surface area contributed by atoms with Crippen LogP contribution in [0.5, 0.6) is 5.75 Å². The van der Waals surface area contributed by atoms with Gasteiger partial charge in [-0.05, 0) is 31.1 Å². The van der Waals surface area contributed by atoms with Gasteiger partial charge in [0.15, 0.2) is 0 Å². The Morgan fingerprint density at radius 1 is 1.23 bits per heavy atom. The third-order valence-electron chi connectivity index (χ3n) is 5.10. The van der Waals surface area contributed by atoms with Gasteiger partial charge in [0, 0.05) is 38.6 Å². The summed E-state index contributed by atoms with van der Waals surface area (Å²) in [5.41, 5.74) is 0. The number of nitrogens with one attached hydrogen (secondary N) is 1. The first-order chi connectivity index (χ1) is 11.6. The Hall–Kier alpha value is -0.720. The topological polar surface area (TPSA) is 44.8 Å². The van der Waals surface area contributed by atoms with Crippen LogP contribution in [0.4, 0.5) is 0 Å². The van der Waals surface area contributed by atoms with Gasteiger partial charge in [0.1, 0.15) is 12.4 Å². The number of carbonyl (C=O) groups is 1. The lowest BCUT2D eigenvalue weighted by molar-refractivity contribution is -0.139. The lowest BCUT2D eigenvalue weighted by Crippen LogP contribution is -2.54. The van der Waals surface area contributed by atoms with Crippen molar-refractivity contribution in [1.82, 2.24) is 15.1 Å². The number of benzene rings is 1. The molecular formula is C18H28Cl3N3O2. The summed E-state index contributed by atoms with van der Waals surface area (Å²) in [6.45, 7) is 8.94. The second kappa shape index (κ2) is 11.2. The SMILES string of the molecule is CC(C(=O)N1CCN(CCOc2ccccc2Cl)CC1)C1CNC1.Cl.Cl. The second-order valence-electron chi connectivity index (χ2n) is 6.65. The molecule has 0 bridgehead atoms. The zero-order chi connectivity index (χ0) is 16.9. The first-order valence-electron chi connectivity index (χ1n) is 8.74. The molecule has 8 heteroatoms. The van der Waals surface area contributed by atoms with Gasteiger partial charge in [-0.1, -0.05) is 30.7 Å². The summed E-state index contributed by atoms with van der Waals surface area (Å²) < 4.78 is 5.74. The van der Waals surface area contributed by atoms with Crippen LogP contribution in [0.1, 0.15) is 6.92 Å². The van der Waals surface area contributed by atoms with E-state index in [0.29, 0.717) is 23.5 Å². The van der Waals surface area contributed by atoms with Gasteiger partial charge in [0.2, 0.25) is 5.91 Å². The lowest BCUT2D eigenvalue weighted by atomic mass is 9.88. The van der Waals surface area contributed by atoms with Crippen molar-refractivity contribution < 1.29 is 9.53 Å². The predicted octanol–water partition coefficient (Wildman–Crippen LogP) is 2.56. The summed E-state index contributed by atoms with van der Waals surface area (Å²) in [6.07, 6.45) is 0. The molecule has 1 amide bonds. The van der Waals surface area contributed by atoms with E-state index >= 15 is 0 Å². The van der Waals surface area contributed by atoms with Gasteiger partial charge in [0.05, 0.1) is 5.02 Å². The molecule has 26 heavy (non-hydrogen) atoms. The van der Waals surface area contributed by atoms with E-state index in [1.807, 2.05) is 29.2 Å². The third kappa shape index (κ3) is 5.89. The number of halogens is 3. The largest absolute Gasteiger partial charge is 0.491 e. The summed E-state index contributed by atoms with van der Waals surface area (Å²) in [5.74, 6) is 1.70. The Morgan fingerprint density at radius 2 is 1.88 bits per heavy atom. The molecule has 5 nitrogen and oxygen atoms in total. The Kier molecular flexibility index (Phi) is 10.0. The minimum atomic E-state index is 0. The monoisotopic (exact) mass is 423 g/mol. The molecule has 1 atom stereocenters. The van der Waals surface area contributed by atoms with E-state index in [2.05, 4.69) is 17.1 Å². The molecule has 1 N–H and O–H groups in total. The molecule has 0 saturated carbocycles. The van der Waals surface area contributed by atoms with Crippen molar-refractivity contribution in [2.24, 2.45) is 11.8 Å². The Labute approximate surface area is 173 Å². The average Bonchev–Trinajstić information content (AvgIpc) is 2.55. The molecule has 2 aliphatic heterocycles. The van der Waals surface area contributed by atoms with Crippen LogP contribution in [-0.4, -0.2) is 68.1 Å². The molecule has 1 unspecified atom stereocenters. The highest BCUT2D eigenvalue weighted by Gasteiger charge is 2.32. The molecule has 2 saturated heterocycles. The zero-order valence-electron chi connectivity index (χ0n) is 15.0. The highest BCUT2D eigenvalue weighted by molar-refractivity contribution is 6.32. The molecule has 0 aromatic heterocycles. The Morgan fingerprint density at radius 3 is 2.46 bits per heavy atom. The van der Waals surface area contributed by atoms with Gasteiger partial charge in [-0.3, -0.25) is 9.69 Å². The van der Waals surface area contributed by atoms with Crippen LogP contribution in [0.25, 0.3) is 0 Å². The number of carbonyl (C=O) groups excluding carboxylic acids is 1. The van der Waals surface area contributed by atoms with Crippen LogP contribution < -0.4 is 10.1 Å². The quantitative estimate of drug-likeness (QED) is 0.762. The normalized spacial score (nSPS) is 18.9. The molecule has 2 fully saturated rings. The Bertz CT molecular complexity index is 564. The number of rotatable bonds is 6. The number of amides is 1. The van der Waals surface area contributed by atoms with Gasteiger partial charge < -0.3 is 15.0 Å². The lowest BCUT2D eigenvalue weighted by Gasteiger charge is -2.39. The van der Waals surface area contributed by atoms with E-state index in [1.165, 1.54) is 0 Å². The first kappa shape index (κ1) is 23.3. The molecule has 2 heterocycles. The summed E-state index contributed by atoms with van der Waals surface area (Å²) in [6, 6.07) is 7.53. The predicted molar refractivity (Wildman–Crippen MR) is 110 cm³/mol. The molecule has 0 aliphatic carbocycles. The van der Waals surface area contributed by atoms with Crippen LogP contribution in [0.2, 0.25) is 5.02 Å². The molecule has 0 radical (unpaired) electrons. The number of hydrogen-bond acceptors (Lipinski definition) is 4. The van der Waals surface area contributed by atoms with Crippen molar-refractivity contribution >= 4 is 42.3 Å². The highest BCUT2D eigenvalue weighted by Crippen LogP contribution is 2.23. The fraction of sp³-hybridized carbons (Fsp3) is 0.611. The minimum absolute atomic E-state index is 0. The molecule has 0 spiro atoms. The number of para-hydroxylation sites is 1. The summed E-state index contributed by atoms with van der Waals surface area (Å²) in [7, 11) is 0. The maximum absolute atomic E-state index is 12.5. The van der Waals surface area contributed by atoms with Crippen molar-refractivity contribution in [3.8, 4) is 5.75 Å². The molecule has 1 aromatic rings. The standard InChI is InChI=1S/C18H26ClN3O2.2ClH/c1-14(15-12-20-13-15)18(23)22-8-6-21(7-9-22)10-11-24-17-5-3-2-4-16(17)19;;/h2-5,14-15,20H,6-13H2,1H3;2*1H. The van der Waals surface area contributed by atoms with Crippen LogP contribution in [0.15, 0.2) is 24.3 Å². The van der Waals surface area contributed by atoms with Gasteiger partial charge in [0.25, 0.3) is 0 Å². The van der Waals surface area contributed by atoms with E-state index in [0.717, 1.165) is 51.6 Å². The number of hydrogen-bond donors (Lipinski definition) is 1. The number of ether oxygens (including phenoxy) is 1. The zero-order valence-corrected chi connectivity index (χ0v) is 17.4. The smallest absolute Gasteiger partial charge is 0.225 e. The molecule has 1 aromatic carbocycles. The molecule has 3 rings (SSSR count).